The van der Waals surface area contributed by atoms with Gasteiger partial charge in [-0.2, -0.15) is 4.57 Å². The van der Waals surface area contributed by atoms with Crippen molar-refractivity contribution in [2.45, 2.75) is 44.1 Å². The van der Waals surface area contributed by atoms with E-state index in [1.807, 2.05) is 30.5 Å². The SMILES string of the molecule is COC(=O)c1cc[n+](Cc2ccccc2)c(C2CC2)c1.COC(=O)c1ccnc(C2CC2)c1.[Br-]. The fraction of sp³-hybridized carbons (Fsp3) is 0.333. The van der Waals surface area contributed by atoms with Crippen LogP contribution < -0.4 is 21.5 Å². The number of carbonyl (C=O) groups excluding carboxylic acids is 2. The highest BCUT2D eigenvalue weighted by Crippen LogP contribution is 2.39. The van der Waals surface area contributed by atoms with Crippen molar-refractivity contribution >= 4 is 11.9 Å². The largest absolute Gasteiger partial charge is 1.00 e. The lowest BCUT2D eigenvalue weighted by molar-refractivity contribution is -0.696. The lowest BCUT2D eigenvalue weighted by Crippen LogP contribution is -3.00. The number of hydrogen-bond donors (Lipinski definition) is 0. The molecule has 2 saturated carbocycles. The summed E-state index contributed by atoms with van der Waals surface area (Å²) >= 11 is 0. The fourth-order valence-corrected chi connectivity index (χ4v) is 3.74. The fourth-order valence-electron chi connectivity index (χ4n) is 3.74. The maximum absolute atomic E-state index is 11.6. The summed E-state index contributed by atoms with van der Waals surface area (Å²) in [6, 6.07) is 17.7. The number of halogens is 1. The molecule has 0 radical (unpaired) electrons. The highest BCUT2D eigenvalue weighted by Gasteiger charge is 2.33. The summed E-state index contributed by atoms with van der Waals surface area (Å²) in [6.45, 7) is 0.841. The van der Waals surface area contributed by atoms with Crippen LogP contribution in [0.25, 0.3) is 0 Å². The second kappa shape index (κ2) is 11.9. The van der Waals surface area contributed by atoms with Crippen molar-refractivity contribution in [3.63, 3.8) is 0 Å². The first-order chi connectivity index (χ1) is 16.1. The number of carbonyl (C=O) groups is 2. The molecule has 0 N–H and O–H groups in total. The summed E-state index contributed by atoms with van der Waals surface area (Å²) in [7, 11) is 2.81. The van der Waals surface area contributed by atoms with Gasteiger partial charge in [0.05, 0.1) is 25.3 Å². The Labute approximate surface area is 210 Å². The van der Waals surface area contributed by atoms with Crippen molar-refractivity contribution in [3.05, 3.63) is 95.1 Å². The molecule has 7 heteroatoms. The molecule has 5 rings (SSSR count). The molecule has 0 spiro atoms. The van der Waals surface area contributed by atoms with Crippen molar-refractivity contribution in [2.24, 2.45) is 0 Å². The minimum atomic E-state index is -0.288. The van der Waals surface area contributed by atoms with Crippen LogP contribution in [0.5, 0.6) is 0 Å². The predicted molar refractivity (Wildman–Crippen MR) is 123 cm³/mol. The quantitative estimate of drug-likeness (QED) is 0.360. The average molecular weight is 525 g/mol. The van der Waals surface area contributed by atoms with Gasteiger partial charge in [-0.15, -0.1) is 0 Å². The molecule has 6 nitrogen and oxygen atoms in total. The third kappa shape index (κ3) is 6.73. The summed E-state index contributed by atoms with van der Waals surface area (Å²) in [5.41, 5.74) is 4.75. The minimum absolute atomic E-state index is 0. The molecule has 178 valence electrons. The van der Waals surface area contributed by atoms with Crippen LogP contribution in [-0.2, 0) is 16.0 Å². The summed E-state index contributed by atoms with van der Waals surface area (Å²) in [4.78, 5) is 27.0. The van der Waals surface area contributed by atoms with Crippen molar-refractivity contribution < 1.29 is 40.6 Å². The molecule has 2 fully saturated rings. The van der Waals surface area contributed by atoms with E-state index in [2.05, 4.69) is 38.6 Å². The van der Waals surface area contributed by atoms with Gasteiger partial charge in [0.25, 0.3) is 0 Å². The van der Waals surface area contributed by atoms with Gasteiger partial charge in [0.15, 0.2) is 18.4 Å². The lowest BCUT2D eigenvalue weighted by Gasteiger charge is -2.05. The molecule has 0 amide bonds. The van der Waals surface area contributed by atoms with Crippen LogP contribution in [0.2, 0.25) is 0 Å². The van der Waals surface area contributed by atoms with Crippen LogP contribution in [0.1, 0.15) is 75.2 Å². The van der Waals surface area contributed by atoms with Gasteiger partial charge in [-0.05, 0) is 37.8 Å². The van der Waals surface area contributed by atoms with Crippen molar-refractivity contribution in [1.82, 2.24) is 4.98 Å². The number of nitrogens with zero attached hydrogens (tertiary/aromatic N) is 2. The molecular formula is C27H29BrN2O4. The van der Waals surface area contributed by atoms with E-state index in [-0.39, 0.29) is 28.9 Å². The van der Waals surface area contributed by atoms with Gasteiger partial charge >= 0.3 is 11.9 Å². The smallest absolute Gasteiger partial charge is 0.338 e. The zero-order valence-electron chi connectivity index (χ0n) is 19.4. The molecule has 1 aromatic carbocycles. The minimum Gasteiger partial charge on any atom is -1.00 e. The van der Waals surface area contributed by atoms with Gasteiger partial charge < -0.3 is 26.5 Å². The van der Waals surface area contributed by atoms with E-state index in [4.69, 9.17) is 4.74 Å². The molecule has 2 aliphatic carbocycles. The van der Waals surface area contributed by atoms with Crippen LogP contribution >= 0.6 is 0 Å². The molecule has 0 bridgehead atoms. The highest BCUT2D eigenvalue weighted by molar-refractivity contribution is 5.89. The molecule has 0 unspecified atom stereocenters. The highest BCUT2D eigenvalue weighted by atomic mass is 79.9. The average Bonchev–Trinajstić information content (AvgIpc) is 3.78. The Kier molecular flexibility index (Phi) is 8.93. The molecule has 2 aliphatic rings. The molecule has 0 aliphatic heterocycles. The molecular weight excluding hydrogens is 496 g/mol. The second-order valence-electron chi connectivity index (χ2n) is 8.45. The van der Waals surface area contributed by atoms with Crippen LogP contribution in [-0.4, -0.2) is 31.1 Å². The van der Waals surface area contributed by atoms with E-state index in [1.54, 1.807) is 12.3 Å². The van der Waals surface area contributed by atoms with Crippen molar-refractivity contribution in [3.8, 4) is 0 Å². The number of benzene rings is 1. The number of ether oxygens (including phenoxy) is 2. The number of rotatable bonds is 6. The molecule has 2 heterocycles. The molecule has 0 saturated heterocycles. The Morgan fingerprint density at radius 2 is 1.50 bits per heavy atom. The van der Waals surface area contributed by atoms with E-state index >= 15 is 0 Å². The summed E-state index contributed by atoms with van der Waals surface area (Å²) in [5, 5.41) is 0. The zero-order chi connectivity index (χ0) is 23.2. The van der Waals surface area contributed by atoms with E-state index in [1.165, 1.54) is 51.2 Å². The maximum Gasteiger partial charge on any atom is 0.338 e. The lowest BCUT2D eigenvalue weighted by atomic mass is 10.1. The maximum atomic E-state index is 11.6. The summed E-state index contributed by atoms with van der Waals surface area (Å²) in [6.07, 6.45) is 8.46. The topological polar surface area (TPSA) is 69.4 Å². The summed E-state index contributed by atoms with van der Waals surface area (Å²) in [5.74, 6) is 0.607. The molecule has 3 aromatic rings. The Morgan fingerprint density at radius 3 is 2.09 bits per heavy atom. The first kappa shape index (κ1) is 25.6. The first-order valence-electron chi connectivity index (χ1n) is 11.3. The van der Waals surface area contributed by atoms with Crippen LogP contribution in [0.3, 0.4) is 0 Å². The summed E-state index contributed by atoms with van der Waals surface area (Å²) < 4.78 is 11.7. The van der Waals surface area contributed by atoms with Crippen LogP contribution in [0.4, 0.5) is 0 Å². The van der Waals surface area contributed by atoms with Gasteiger partial charge in [0, 0.05) is 41.4 Å². The standard InChI is InChI=1S/C17H18NO2.C10H11NO2.BrH/c1-20-17(19)15-9-10-18(16(11-15)14-7-8-14)12-13-5-3-2-4-6-13;1-13-10(12)8-4-5-11-9(6-8)7-2-3-7;/h2-6,9-11,14H,7-8,12H2,1H3;4-7H,2-3H2,1H3;1H/q+1;;/p-1. The van der Waals surface area contributed by atoms with E-state index < -0.39 is 0 Å². The normalized spacial score (nSPS) is 14.2. The van der Waals surface area contributed by atoms with Gasteiger partial charge in [0.2, 0.25) is 0 Å². The number of hydrogen-bond acceptors (Lipinski definition) is 5. The molecule has 34 heavy (non-hydrogen) atoms. The number of aromatic nitrogens is 2. The predicted octanol–water partition coefficient (Wildman–Crippen LogP) is 1.44. The molecule has 2 aromatic heterocycles. The van der Waals surface area contributed by atoms with Gasteiger partial charge in [0.1, 0.15) is 0 Å². The van der Waals surface area contributed by atoms with Gasteiger partial charge in [-0.3, -0.25) is 4.98 Å². The van der Waals surface area contributed by atoms with Crippen molar-refractivity contribution in [2.75, 3.05) is 14.2 Å². The Morgan fingerprint density at radius 1 is 0.882 bits per heavy atom. The monoisotopic (exact) mass is 524 g/mol. The van der Waals surface area contributed by atoms with Crippen molar-refractivity contribution in [1.29, 1.82) is 0 Å². The number of esters is 2. The van der Waals surface area contributed by atoms with E-state index in [0.29, 0.717) is 23.0 Å². The third-order valence-corrected chi connectivity index (χ3v) is 5.88. The third-order valence-electron chi connectivity index (χ3n) is 5.88. The zero-order valence-corrected chi connectivity index (χ0v) is 21.0. The Hall–Kier alpha value is -3.06. The molecule has 0 atom stereocenters. The Bertz CT molecular complexity index is 1130. The number of methoxy groups -OCH3 is 2. The second-order valence-corrected chi connectivity index (χ2v) is 8.45. The first-order valence-corrected chi connectivity index (χ1v) is 11.3. The van der Waals surface area contributed by atoms with Crippen LogP contribution in [0.15, 0.2) is 67.0 Å². The number of pyridine rings is 2. The van der Waals surface area contributed by atoms with Gasteiger partial charge in [-0.25, -0.2) is 9.59 Å². The Balaban J connectivity index is 0.000000201. The van der Waals surface area contributed by atoms with Gasteiger partial charge in [-0.1, -0.05) is 30.3 Å². The van der Waals surface area contributed by atoms with Crippen LogP contribution in [0, 0.1) is 0 Å². The van der Waals surface area contributed by atoms with E-state index in [9.17, 15) is 9.59 Å². The van der Waals surface area contributed by atoms with E-state index in [0.717, 1.165) is 12.2 Å².